The number of carbonyl (C=O) groups excluding carboxylic acids is 1. The van der Waals surface area contributed by atoms with E-state index in [0.717, 1.165) is 12.1 Å². The zero-order valence-electron chi connectivity index (χ0n) is 14.2. The zero-order valence-corrected chi connectivity index (χ0v) is 16.6. The standard InChI is InChI=1S/C18H10Cl2FN3O4S/c19-11-3-1-2-10(16(11)20)14-6-7-15(28-14)17(25)23-18(29)22-9-4-5-12(21)13(8-9)24(26)27/h1-8H,(H2,22,23,25,29). The lowest BCUT2D eigenvalue weighted by Gasteiger charge is -2.08. The summed E-state index contributed by atoms with van der Waals surface area (Å²) in [4.78, 5) is 22.2. The molecular formula is C18H10Cl2FN3O4S. The second-order valence-corrected chi connectivity index (χ2v) is 6.79. The molecule has 29 heavy (non-hydrogen) atoms. The quantitative estimate of drug-likeness (QED) is 0.310. The van der Waals surface area contributed by atoms with Crippen LogP contribution in [-0.2, 0) is 0 Å². The molecule has 0 bridgehead atoms. The van der Waals surface area contributed by atoms with Crippen molar-refractivity contribution in [3.8, 4) is 11.3 Å². The molecule has 1 amide bonds. The summed E-state index contributed by atoms with van der Waals surface area (Å²) < 4.78 is 18.9. The number of carbonyl (C=O) groups is 1. The van der Waals surface area contributed by atoms with Gasteiger partial charge in [-0.1, -0.05) is 29.3 Å². The topological polar surface area (TPSA) is 97.4 Å². The van der Waals surface area contributed by atoms with Crippen LogP contribution in [0.5, 0.6) is 0 Å². The third-order valence-corrected chi connectivity index (χ3v) is 4.70. The molecule has 0 spiro atoms. The van der Waals surface area contributed by atoms with E-state index in [2.05, 4.69) is 10.6 Å². The number of anilines is 1. The van der Waals surface area contributed by atoms with Crippen LogP contribution in [0.2, 0.25) is 10.0 Å². The summed E-state index contributed by atoms with van der Waals surface area (Å²) in [6.45, 7) is 0. The van der Waals surface area contributed by atoms with Gasteiger partial charge in [0.1, 0.15) is 5.76 Å². The minimum Gasteiger partial charge on any atom is -0.451 e. The first-order chi connectivity index (χ1) is 13.8. The van der Waals surface area contributed by atoms with Gasteiger partial charge in [0, 0.05) is 17.3 Å². The number of hydrogen-bond donors (Lipinski definition) is 2. The van der Waals surface area contributed by atoms with Gasteiger partial charge in [0.15, 0.2) is 10.9 Å². The summed E-state index contributed by atoms with van der Waals surface area (Å²) in [6.07, 6.45) is 0. The van der Waals surface area contributed by atoms with Gasteiger partial charge in [-0.3, -0.25) is 20.2 Å². The highest BCUT2D eigenvalue weighted by molar-refractivity contribution is 7.80. The van der Waals surface area contributed by atoms with Crippen molar-refractivity contribution in [3.63, 3.8) is 0 Å². The Morgan fingerprint density at radius 3 is 2.66 bits per heavy atom. The highest BCUT2D eigenvalue weighted by Gasteiger charge is 2.18. The van der Waals surface area contributed by atoms with Gasteiger partial charge in [-0.05, 0) is 48.6 Å². The Balaban J connectivity index is 1.70. The normalized spacial score (nSPS) is 10.4. The molecule has 3 rings (SSSR count). The SMILES string of the molecule is O=C(NC(=S)Nc1ccc(F)c([N+](=O)[O-])c1)c1ccc(-c2cccc(Cl)c2Cl)o1. The summed E-state index contributed by atoms with van der Waals surface area (Å²) in [7, 11) is 0. The fraction of sp³-hybridized carbons (Fsp3) is 0. The van der Waals surface area contributed by atoms with Gasteiger partial charge in [-0.2, -0.15) is 4.39 Å². The summed E-state index contributed by atoms with van der Waals surface area (Å²) in [5, 5.41) is 16.2. The highest BCUT2D eigenvalue weighted by Crippen LogP contribution is 2.34. The third-order valence-electron chi connectivity index (χ3n) is 3.67. The van der Waals surface area contributed by atoms with Crippen LogP contribution in [0, 0.1) is 15.9 Å². The predicted octanol–water partition coefficient (Wildman–Crippen LogP) is 5.43. The summed E-state index contributed by atoms with van der Waals surface area (Å²) >= 11 is 17.1. The van der Waals surface area contributed by atoms with Gasteiger partial charge in [0.2, 0.25) is 5.82 Å². The molecular weight excluding hydrogens is 444 g/mol. The first-order valence-electron chi connectivity index (χ1n) is 7.86. The van der Waals surface area contributed by atoms with Gasteiger partial charge >= 0.3 is 5.69 Å². The van der Waals surface area contributed by atoms with Crippen molar-refractivity contribution in [2.45, 2.75) is 0 Å². The lowest BCUT2D eigenvalue weighted by atomic mass is 10.2. The number of hydrogen-bond acceptors (Lipinski definition) is 5. The van der Waals surface area contributed by atoms with E-state index in [0.29, 0.717) is 16.3 Å². The zero-order chi connectivity index (χ0) is 21.1. The lowest BCUT2D eigenvalue weighted by Crippen LogP contribution is -2.33. The van der Waals surface area contributed by atoms with E-state index in [9.17, 15) is 19.3 Å². The number of nitro groups is 1. The van der Waals surface area contributed by atoms with Crippen molar-refractivity contribution in [3.05, 3.63) is 80.3 Å². The van der Waals surface area contributed by atoms with Gasteiger partial charge < -0.3 is 9.73 Å². The molecule has 2 aromatic carbocycles. The number of benzene rings is 2. The molecule has 0 atom stereocenters. The van der Waals surface area contributed by atoms with E-state index in [-0.39, 0.29) is 21.6 Å². The van der Waals surface area contributed by atoms with Crippen LogP contribution < -0.4 is 10.6 Å². The van der Waals surface area contributed by atoms with Gasteiger partial charge in [0.05, 0.1) is 15.0 Å². The monoisotopic (exact) mass is 453 g/mol. The fourth-order valence-corrected chi connectivity index (χ4v) is 2.96. The van der Waals surface area contributed by atoms with E-state index in [1.165, 1.54) is 12.1 Å². The van der Waals surface area contributed by atoms with Crippen LogP contribution in [-0.4, -0.2) is 15.9 Å². The van der Waals surface area contributed by atoms with Crippen molar-refractivity contribution in [1.82, 2.24) is 5.32 Å². The van der Waals surface area contributed by atoms with Crippen molar-refractivity contribution >= 4 is 57.8 Å². The van der Waals surface area contributed by atoms with Gasteiger partial charge in [-0.15, -0.1) is 0 Å². The number of nitrogens with zero attached hydrogens (tertiary/aromatic N) is 1. The molecule has 0 aliphatic carbocycles. The van der Waals surface area contributed by atoms with Gasteiger partial charge in [-0.25, -0.2) is 0 Å². The Labute approximate surface area is 178 Å². The van der Waals surface area contributed by atoms with Crippen LogP contribution in [0.3, 0.4) is 0 Å². The molecule has 7 nitrogen and oxygen atoms in total. The molecule has 2 N–H and O–H groups in total. The van der Waals surface area contributed by atoms with Crippen LogP contribution >= 0.6 is 35.4 Å². The molecule has 0 unspecified atom stereocenters. The second-order valence-electron chi connectivity index (χ2n) is 5.60. The minimum absolute atomic E-state index is 0.0507. The Morgan fingerprint density at radius 1 is 1.17 bits per heavy atom. The molecule has 11 heteroatoms. The minimum atomic E-state index is -0.988. The summed E-state index contributed by atoms with van der Waals surface area (Å²) in [5.41, 5.74) is -0.0787. The van der Waals surface area contributed by atoms with Crippen LogP contribution in [0.4, 0.5) is 15.8 Å². The number of nitrogens with one attached hydrogen (secondary N) is 2. The number of amides is 1. The molecule has 1 heterocycles. The second kappa shape index (κ2) is 8.56. The maximum Gasteiger partial charge on any atom is 0.306 e. The average Bonchev–Trinajstić information content (AvgIpc) is 3.15. The van der Waals surface area contributed by atoms with Gasteiger partial charge in [0.25, 0.3) is 5.91 Å². The average molecular weight is 454 g/mol. The first kappa shape index (κ1) is 20.7. The molecule has 0 radical (unpaired) electrons. The van der Waals surface area contributed by atoms with Crippen molar-refractivity contribution in [2.24, 2.45) is 0 Å². The Kier molecular flexibility index (Phi) is 6.12. The van der Waals surface area contributed by atoms with Crippen molar-refractivity contribution in [1.29, 1.82) is 0 Å². The predicted molar refractivity (Wildman–Crippen MR) is 111 cm³/mol. The fourth-order valence-electron chi connectivity index (χ4n) is 2.36. The maximum atomic E-state index is 13.4. The highest BCUT2D eigenvalue weighted by atomic mass is 35.5. The number of rotatable bonds is 4. The largest absolute Gasteiger partial charge is 0.451 e. The van der Waals surface area contributed by atoms with E-state index >= 15 is 0 Å². The molecule has 148 valence electrons. The third kappa shape index (κ3) is 4.70. The van der Waals surface area contributed by atoms with E-state index in [1.54, 1.807) is 24.3 Å². The van der Waals surface area contributed by atoms with Crippen LogP contribution in [0.25, 0.3) is 11.3 Å². The molecule has 0 aliphatic rings. The molecule has 0 fully saturated rings. The number of thiocarbonyl (C=S) groups is 1. The number of furan rings is 1. The first-order valence-corrected chi connectivity index (χ1v) is 9.03. The van der Waals surface area contributed by atoms with E-state index in [4.69, 9.17) is 39.8 Å². The Morgan fingerprint density at radius 2 is 1.93 bits per heavy atom. The maximum absolute atomic E-state index is 13.4. The smallest absolute Gasteiger partial charge is 0.306 e. The number of halogens is 3. The van der Waals surface area contributed by atoms with Crippen molar-refractivity contribution in [2.75, 3.05) is 5.32 Å². The Bertz CT molecular complexity index is 1140. The Hall–Kier alpha value is -3.01. The molecule has 0 saturated heterocycles. The summed E-state index contributed by atoms with van der Waals surface area (Å²) in [6, 6.07) is 11.1. The lowest BCUT2D eigenvalue weighted by molar-refractivity contribution is -0.387. The molecule has 1 aromatic heterocycles. The van der Waals surface area contributed by atoms with E-state index in [1.807, 2.05) is 0 Å². The molecule has 0 saturated carbocycles. The van der Waals surface area contributed by atoms with Crippen LogP contribution in [0.1, 0.15) is 10.6 Å². The van der Waals surface area contributed by atoms with Crippen LogP contribution in [0.15, 0.2) is 52.9 Å². The summed E-state index contributed by atoms with van der Waals surface area (Å²) in [5.74, 6) is -1.37. The van der Waals surface area contributed by atoms with E-state index < -0.39 is 22.3 Å². The number of nitro benzene ring substituents is 1. The molecule has 3 aromatic rings. The van der Waals surface area contributed by atoms with Crippen molar-refractivity contribution < 1.29 is 18.5 Å². The molecule has 0 aliphatic heterocycles.